The Labute approximate surface area is 127 Å². The van der Waals surface area contributed by atoms with Gasteiger partial charge in [-0.05, 0) is 18.9 Å². The molecule has 0 aliphatic heterocycles. The normalized spacial score (nSPS) is 9.86. The van der Waals surface area contributed by atoms with E-state index in [1.165, 1.54) is 0 Å². The van der Waals surface area contributed by atoms with Crippen molar-refractivity contribution < 1.29 is 14.7 Å². The lowest BCUT2D eigenvalue weighted by atomic mass is 10.2. The van der Waals surface area contributed by atoms with E-state index in [4.69, 9.17) is 22.0 Å². The first-order valence-corrected chi connectivity index (χ1v) is 6.09. The van der Waals surface area contributed by atoms with Gasteiger partial charge in [-0.25, -0.2) is 0 Å². The molecule has 22 heavy (non-hydrogen) atoms. The van der Waals surface area contributed by atoms with Crippen LogP contribution in [-0.4, -0.2) is 50.9 Å². The number of carbonyl (C=O) groups excluding carboxylic acids is 1. The Hall–Kier alpha value is -2.95. The quantitative estimate of drug-likeness (QED) is 0.136. The molecule has 11 nitrogen and oxygen atoms in total. The van der Waals surface area contributed by atoms with Crippen molar-refractivity contribution in [2.75, 3.05) is 6.54 Å². The molecule has 11 heteroatoms. The third kappa shape index (κ3) is 19.4. The van der Waals surface area contributed by atoms with E-state index in [1.807, 2.05) is 0 Å². The van der Waals surface area contributed by atoms with Crippen LogP contribution in [0.25, 0.3) is 0 Å². The number of nitrogens with zero attached hydrogens (tertiary/aromatic N) is 2. The average molecular weight is 314 g/mol. The number of hydrogen-bond donors (Lipinski definition) is 7. The van der Waals surface area contributed by atoms with Crippen molar-refractivity contribution in [1.82, 2.24) is 20.7 Å². The third-order valence-electron chi connectivity index (χ3n) is 1.86. The van der Waals surface area contributed by atoms with Crippen LogP contribution in [0.1, 0.15) is 12.8 Å². The summed E-state index contributed by atoms with van der Waals surface area (Å²) in [7, 11) is 0. The van der Waals surface area contributed by atoms with Gasteiger partial charge in [-0.3, -0.25) is 20.1 Å². The van der Waals surface area contributed by atoms with Gasteiger partial charge in [0.25, 0.3) is 0 Å². The Balaban J connectivity index is 0. The number of guanidine groups is 1. The molecule has 10 N–H and O–H groups in total. The molecular weight excluding hydrogens is 292 g/mol. The lowest BCUT2D eigenvalue weighted by molar-refractivity contribution is -0.138. The molecule has 0 saturated carbocycles. The molecule has 124 valence electrons. The number of aromatic nitrogens is 3. The maximum Gasteiger partial charge on any atom is 0.320 e. The van der Waals surface area contributed by atoms with Gasteiger partial charge in [0.1, 0.15) is 6.04 Å². The molecule has 1 atom stereocenters. The zero-order valence-corrected chi connectivity index (χ0v) is 12.0. The highest BCUT2D eigenvalue weighted by molar-refractivity contribution is 5.84. The number of nitrogens with two attached hydrogens (primary N) is 3. The minimum atomic E-state index is -1.00. The number of aromatic amines is 1. The number of carboxylic acids is 1. The number of H-pyrrole nitrogens is 1. The van der Waals surface area contributed by atoms with E-state index in [0.717, 1.165) is 6.08 Å². The predicted molar refractivity (Wildman–Crippen MR) is 80.5 cm³/mol. The molecule has 0 aromatic carbocycles. The SMILES string of the molecule is C=CC(N)=O.N=C(N)NCCCC(N)C(=O)O.c1c[nH]nn1. The first-order valence-electron chi connectivity index (χ1n) is 6.09. The van der Waals surface area contributed by atoms with Crippen LogP contribution in [0.5, 0.6) is 0 Å². The van der Waals surface area contributed by atoms with Gasteiger partial charge in [-0.2, -0.15) is 0 Å². The number of nitrogens with one attached hydrogen (secondary N) is 3. The second-order valence-electron chi connectivity index (χ2n) is 3.69. The van der Waals surface area contributed by atoms with Gasteiger partial charge in [0.2, 0.25) is 5.91 Å². The summed E-state index contributed by atoms with van der Waals surface area (Å²) in [6.45, 7) is 3.57. The standard InChI is InChI=1S/C6H14N4O2.C3H5NO.C2H3N3/c7-4(5(11)12)2-1-3-10-6(8)9;1-2-3(4)5;1-2-4-5-3-1/h4H,1-3,7H2,(H,11,12)(H4,8,9,10);2H,1H2,(H2,4,5);1-2H,(H,3,4,5). The van der Waals surface area contributed by atoms with Gasteiger partial charge >= 0.3 is 5.97 Å². The summed E-state index contributed by atoms with van der Waals surface area (Å²) in [5.41, 5.74) is 14.7. The smallest absolute Gasteiger partial charge is 0.320 e. The highest BCUT2D eigenvalue weighted by Gasteiger charge is 2.09. The zero-order valence-electron chi connectivity index (χ0n) is 12.0. The van der Waals surface area contributed by atoms with Crippen LogP contribution in [0.15, 0.2) is 25.0 Å². The lowest BCUT2D eigenvalue weighted by Crippen LogP contribution is -2.34. The molecule has 1 rings (SSSR count). The van der Waals surface area contributed by atoms with Crippen molar-refractivity contribution in [2.24, 2.45) is 17.2 Å². The molecule has 1 amide bonds. The molecule has 0 aliphatic carbocycles. The molecule has 1 aromatic rings. The molecule has 0 aliphatic rings. The minimum absolute atomic E-state index is 0.112. The molecule has 1 aromatic heterocycles. The minimum Gasteiger partial charge on any atom is -0.480 e. The van der Waals surface area contributed by atoms with Crippen molar-refractivity contribution in [1.29, 1.82) is 5.41 Å². The molecule has 0 saturated heterocycles. The maximum atomic E-state index is 10.2. The van der Waals surface area contributed by atoms with E-state index in [1.54, 1.807) is 12.4 Å². The summed E-state index contributed by atoms with van der Waals surface area (Å²) in [6, 6.07) is -0.821. The van der Waals surface area contributed by atoms with Crippen molar-refractivity contribution in [3.63, 3.8) is 0 Å². The molecular formula is C11H22N8O3. The summed E-state index contributed by atoms with van der Waals surface area (Å²) < 4.78 is 0. The first kappa shape index (κ1) is 21.4. The Bertz CT molecular complexity index is 417. The van der Waals surface area contributed by atoms with Gasteiger partial charge in [0.15, 0.2) is 5.96 Å². The molecule has 0 fully saturated rings. The fourth-order valence-corrected chi connectivity index (χ4v) is 0.835. The van der Waals surface area contributed by atoms with E-state index in [0.29, 0.717) is 19.4 Å². The number of amides is 1. The summed E-state index contributed by atoms with van der Waals surface area (Å²) in [6.07, 6.45) is 5.27. The fraction of sp³-hybridized carbons (Fsp3) is 0.364. The lowest BCUT2D eigenvalue weighted by Gasteiger charge is -2.06. The number of primary amides is 1. The second kappa shape index (κ2) is 14.5. The Morgan fingerprint density at radius 1 is 1.50 bits per heavy atom. The Morgan fingerprint density at radius 2 is 2.09 bits per heavy atom. The number of carboxylic acid groups (broad SMARTS) is 1. The monoisotopic (exact) mass is 314 g/mol. The van der Waals surface area contributed by atoms with E-state index in [-0.39, 0.29) is 5.96 Å². The van der Waals surface area contributed by atoms with Crippen LogP contribution in [0, 0.1) is 5.41 Å². The van der Waals surface area contributed by atoms with Crippen LogP contribution < -0.4 is 22.5 Å². The zero-order chi connectivity index (χ0) is 17.4. The van der Waals surface area contributed by atoms with Crippen LogP contribution in [0.3, 0.4) is 0 Å². The largest absolute Gasteiger partial charge is 0.480 e. The van der Waals surface area contributed by atoms with Crippen LogP contribution in [0.4, 0.5) is 0 Å². The van der Waals surface area contributed by atoms with E-state index in [2.05, 4.69) is 33.0 Å². The fourth-order valence-electron chi connectivity index (χ4n) is 0.835. The molecule has 1 unspecified atom stereocenters. The highest BCUT2D eigenvalue weighted by atomic mass is 16.4. The van der Waals surface area contributed by atoms with Crippen molar-refractivity contribution in [3.8, 4) is 0 Å². The van der Waals surface area contributed by atoms with Crippen molar-refractivity contribution >= 4 is 17.8 Å². The Kier molecular flexibility index (Phi) is 14.0. The van der Waals surface area contributed by atoms with Crippen LogP contribution in [0.2, 0.25) is 0 Å². The maximum absolute atomic E-state index is 10.2. The average Bonchev–Trinajstić information content (AvgIpc) is 3.03. The van der Waals surface area contributed by atoms with Gasteiger partial charge in [-0.1, -0.05) is 11.8 Å². The topological polar surface area (TPSA) is 210 Å². The molecule has 0 radical (unpaired) electrons. The van der Waals surface area contributed by atoms with E-state index in [9.17, 15) is 9.59 Å². The van der Waals surface area contributed by atoms with Crippen molar-refractivity contribution in [2.45, 2.75) is 18.9 Å². The van der Waals surface area contributed by atoms with Crippen LogP contribution >= 0.6 is 0 Å². The highest BCUT2D eigenvalue weighted by Crippen LogP contribution is 1.92. The summed E-state index contributed by atoms with van der Waals surface area (Å²) >= 11 is 0. The first-order chi connectivity index (χ1) is 10.3. The number of aliphatic carboxylic acids is 1. The summed E-state index contributed by atoms with van der Waals surface area (Å²) in [5.74, 6) is -1.60. The Morgan fingerprint density at radius 3 is 2.36 bits per heavy atom. The van der Waals surface area contributed by atoms with Gasteiger partial charge in [0, 0.05) is 12.7 Å². The molecule has 0 bridgehead atoms. The van der Waals surface area contributed by atoms with Gasteiger partial charge < -0.3 is 27.6 Å². The van der Waals surface area contributed by atoms with Crippen molar-refractivity contribution in [3.05, 3.63) is 25.0 Å². The number of carbonyl (C=O) groups is 2. The second-order valence-corrected chi connectivity index (χ2v) is 3.69. The van der Waals surface area contributed by atoms with E-state index < -0.39 is 17.9 Å². The summed E-state index contributed by atoms with van der Waals surface area (Å²) in [4.78, 5) is 19.7. The van der Waals surface area contributed by atoms with Gasteiger partial charge in [0.05, 0.1) is 6.20 Å². The van der Waals surface area contributed by atoms with Crippen LogP contribution in [-0.2, 0) is 9.59 Å². The van der Waals surface area contributed by atoms with E-state index >= 15 is 0 Å². The molecule has 1 heterocycles. The molecule has 0 spiro atoms. The van der Waals surface area contributed by atoms with Gasteiger partial charge in [-0.15, -0.1) is 5.10 Å². The third-order valence-corrected chi connectivity index (χ3v) is 1.86. The number of hydrogen-bond acceptors (Lipinski definition) is 6. The predicted octanol–water partition coefficient (Wildman–Crippen LogP) is -1.88. The number of rotatable bonds is 6. The summed E-state index contributed by atoms with van der Waals surface area (Å²) in [5, 5.41) is 27.0.